The summed E-state index contributed by atoms with van der Waals surface area (Å²) in [4.78, 5) is 7.59. The molecule has 1 aliphatic heterocycles. The van der Waals surface area contributed by atoms with E-state index < -0.39 is 0 Å². The van der Waals surface area contributed by atoms with Crippen molar-refractivity contribution in [1.29, 1.82) is 0 Å². The molecule has 2 fully saturated rings. The predicted octanol–water partition coefficient (Wildman–Crippen LogP) is 7.74. The van der Waals surface area contributed by atoms with Crippen LogP contribution < -0.4 is 0 Å². The molecule has 6 rings (SSSR count). The summed E-state index contributed by atoms with van der Waals surface area (Å²) in [6.07, 6.45) is 5.06. The lowest BCUT2D eigenvalue weighted by atomic mass is 9.85. The third kappa shape index (κ3) is 4.87. The zero-order valence-corrected chi connectivity index (χ0v) is 21.6. The predicted molar refractivity (Wildman–Crippen MR) is 146 cm³/mol. The molecule has 35 heavy (non-hydrogen) atoms. The molecule has 4 aromatic rings. The van der Waals surface area contributed by atoms with Gasteiger partial charge in [-0.15, -0.1) is 0 Å². The highest BCUT2D eigenvalue weighted by molar-refractivity contribution is 6.30. The van der Waals surface area contributed by atoms with Crippen molar-refractivity contribution in [3.05, 3.63) is 99.3 Å². The van der Waals surface area contributed by atoms with Gasteiger partial charge < -0.3 is 9.47 Å². The topological polar surface area (TPSA) is 21.1 Å². The fourth-order valence-corrected chi connectivity index (χ4v) is 5.83. The van der Waals surface area contributed by atoms with Crippen LogP contribution >= 0.6 is 23.2 Å². The Morgan fingerprint density at radius 1 is 0.800 bits per heavy atom. The van der Waals surface area contributed by atoms with Crippen molar-refractivity contribution in [3.8, 4) is 0 Å². The van der Waals surface area contributed by atoms with E-state index >= 15 is 0 Å². The summed E-state index contributed by atoms with van der Waals surface area (Å²) in [6.45, 7) is 3.46. The monoisotopic (exact) mass is 503 g/mol. The second-order valence-electron chi connectivity index (χ2n) is 10.4. The number of nitrogens with zero attached hydrogens (tertiary/aromatic N) is 3. The Bertz CT molecular complexity index is 1270. The van der Waals surface area contributed by atoms with Crippen LogP contribution in [0, 0.1) is 5.92 Å². The normalized spacial score (nSPS) is 17.5. The molecular weight excluding hydrogens is 473 g/mol. The third-order valence-electron chi connectivity index (χ3n) is 7.76. The van der Waals surface area contributed by atoms with Gasteiger partial charge in [0, 0.05) is 28.4 Å². The number of likely N-dealkylation sites (tertiary alicyclic amines) is 1. The van der Waals surface area contributed by atoms with E-state index in [0.717, 1.165) is 22.1 Å². The molecule has 1 aromatic heterocycles. The van der Waals surface area contributed by atoms with E-state index in [4.69, 9.17) is 28.2 Å². The van der Waals surface area contributed by atoms with Crippen LogP contribution in [-0.4, -0.2) is 34.6 Å². The highest BCUT2D eigenvalue weighted by Gasteiger charge is 2.31. The first-order valence-electron chi connectivity index (χ1n) is 12.7. The molecular formula is C30H31Cl2N3. The first-order chi connectivity index (χ1) is 17.0. The van der Waals surface area contributed by atoms with Crippen molar-refractivity contribution in [1.82, 2.24) is 14.5 Å². The second kappa shape index (κ2) is 9.61. The van der Waals surface area contributed by atoms with E-state index in [9.17, 15) is 0 Å². The van der Waals surface area contributed by atoms with Crippen molar-refractivity contribution in [3.63, 3.8) is 0 Å². The number of halogens is 2. The summed E-state index contributed by atoms with van der Waals surface area (Å²) in [5.41, 5.74) is 6.11. The summed E-state index contributed by atoms with van der Waals surface area (Å²) in [5.74, 6) is 2.74. The van der Waals surface area contributed by atoms with Crippen molar-refractivity contribution in [2.45, 2.75) is 44.1 Å². The van der Waals surface area contributed by atoms with Gasteiger partial charge in [0.1, 0.15) is 5.82 Å². The first kappa shape index (κ1) is 23.1. The number of hydrogen-bond donors (Lipinski definition) is 0. The zero-order chi connectivity index (χ0) is 23.9. The van der Waals surface area contributed by atoms with Crippen LogP contribution in [0.3, 0.4) is 0 Å². The molecule has 3 nitrogen and oxygen atoms in total. The Morgan fingerprint density at radius 2 is 1.37 bits per heavy atom. The maximum Gasteiger partial charge on any atom is 0.112 e. The van der Waals surface area contributed by atoms with Gasteiger partial charge in [0.2, 0.25) is 0 Å². The van der Waals surface area contributed by atoms with E-state index in [-0.39, 0.29) is 5.92 Å². The number of benzene rings is 3. The Hall–Kier alpha value is -2.33. The maximum absolute atomic E-state index is 6.24. The van der Waals surface area contributed by atoms with Crippen LogP contribution in [0.5, 0.6) is 0 Å². The number of fused-ring (bicyclic) bond motifs is 1. The van der Waals surface area contributed by atoms with E-state index in [2.05, 4.69) is 59.0 Å². The summed E-state index contributed by atoms with van der Waals surface area (Å²) in [7, 11) is 2.23. The standard InChI is InChI=1S/C30H31Cl2N3/c1-34-16-14-20(15-17-34)19-35-28-18-24(8-13-27(28)33-30(35)23-2-3-23)29(21-4-9-25(31)10-5-21)22-6-11-26(32)12-7-22/h4-13,18,20,23,29H,2-3,14-17,19H2,1H3. The molecule has 2 heterocycles. The van der Waals surface area contributed by atoms with Gasteiger partial charge in [-0.25, -0.2) is 4.98 Å². The number of rotatable bonds is 6. The summed E-state index contributed by atoms with van der Waals surface area (Å²) in [6, 6.07) is 23.3. The average molecular weight is 505 g/mol. The van der Waals surface area contributed by atoms with Gasteiger partial charge in [0.15, 0.2) is 0 Å². The molecule has 0 spiro atoms. The number of imidazole rings is 1. The van der Waals surface area contributed by atoms with Crippen LogP contribution in [0.1, 0.15) is 60.0 Å². The SMILES string of the molecule is CN1CCC(Cn2c(C3CC3)nc3ccc(C(c4ccc(Cl)cc4)c4ccc(Cl)cc4)cc32)CC1. The summed E-state index contributed by atoms with van der Waals surface area (Å²) in [5, 5.41) is 1.51. The van der Waals surface area contributed by atoms with Gasteiger partial charge >= 0.3 is 0 Å². The van der Waals surface area contributed by atoms with Crippen molar-refractivity contribution in [2.75, 3.05) is 20.1 Å². The summed E-state index contributed by atoms with van der Waals surface area (Å²) < 4.78 is 2.56. The Morgan fingerprint density at radius 3 is 1.94 bits per heavy atom. The molecule has 2 aliphatic rings. The van der Waals surface area contributed by atoms with E-state index in [1.54, 1.807) is 0 Å². The average Bonchev–Trinajstić information content (AvgIpc) is 3.65. The van der Waals surface area contributed by atoms with E-state index in [1.807, 2.05) is 24.3 Å². The molecule has 1 saturated carbocycles. The van der Waals surface area contributed by atoms with Gasteiger partial charge in [-0.05, 0) is 105 Å². The lowest BCUT2D eigenvalue weighted by Gasteiger charge is -2.29. The quantitative estimate of drug-likeness (QED) is 0.251. The van der Waals surface area contributed by atoms with E-state index in [0.29, 0.717) is 11.8 Å². The lowest BCUT2D eigenvalue weighted by molar-refractivity contribution is 0.205. The van der Waals surface area contributed by atoms with Crippen LogP contribution in [0.2, 0.25) is 10.0 Å². The molecule has 0 unspecified atom stereocenters. The Labute approximate surface area is 217 Å². The smallest absolute Gasteiger partial charge is 0.112 e. The molecule has 1 aliphatic carbocycles. The highest BCUT2D eigenvalue weighted by Crippen LogP contribution is 2.42. The first-order valence-corrected chi connectivity index (χ1v) is 13.5. The third-order valence-corrected chi connectivity index (χ3v) is 8.27. The van der Waals surface area contributed by atoms with Gasteiger partial charge in [-0.2, -0.15) is 0 Å². The second-order valence-corrected chi connectivity index (χ2v) is 11.3. The fourth-order valence-electron chi connectivity index (χ4n) is 5.57. The van der Waals surface area contributed by atoms with Gasteiger partial charge in [-0.3, -0.25) is 0 Å². The Balaban J connectivity index is 1.44. The van der Waals surface area contributed by atoms with Gasteiger partial charge in [0.25, 0.3) is 0 Å². The van der Waals surface area contributed by atoms with Crippen LogP contribution in [0.15, 0.2) is 66.7 Å². The molecule has 0 N–H and O–H groups in total. The minimum Gasteiger partial charge on any atom is -0.327 e. The van der Waals surface area contributed by atoms with Crippen LogP contribution in [0.25, 0.3) is 11.0 Å². The molecule has 180 valence electrons. The molecule has 0 atom stereocenters. The maximum atomic E-state index is 6.24. The Kier molecular flexibility index (Phi) is 6.34. The highest BCUT2D eigenvalue weighted by atomic mass is 35.5. The molecule has 1 saturated heterocycles. The number of aromatic nitrogens is 2. The largest absolute Gasteiger partial charge is 0.327 e. The van der Waals surface area contributed by atoms with Crippen molar-refractivity contribution in [2.24, 2.45) is 5.92 Å². The molecule has 0 amide bonds. The van der Waals surface area contributed by atoms with Crippen LogP contribution in [-0.2, 0) is 6.54 Å². The van der Waals surface area contributed by atoms with E-state index in [1.165, 1.54) is 66.8 Å². The fraction of sp³-hybridized carbons (Fsp3) is 0.367. The molecule has 0 bridgehead atoms. The molecule has 0 radical (unpaired) electrons. The van der Waals surface area contributed by atoms with Crippen LogP contribution in [0.4, 0.5) is 0 Å². The molecule has 5 heteroatoms. The molecule has 3 aromatic carbocycles. The van der Waals surface area contributed by atoms with Crippen molar-refractivity contribution < 1.29 is 0 Å². The van der Waals surface area contributed by atoms with Gasteiger partial charge in [-0.1, -0.05) is 53.5 Å². The van der Waals surface area contributed by atoms with Gasteiger partial charge in [0.05, 0.1) is 11.0 Å². The lowest BCUT2D eigenvalue weighted by Crippen LogP contribution is -2.32. The minimum atomic E-state index is 0.102. The number of piperidine rings is 1. The minimum absolute atomic E-state index is 0.102. The number of hydrogen-bond acceptors (Lipinski definition) is 2. The zero-order valence-electron chi connectivity index (χ0n) is 20.1. The summed E-state index contributed by atoms with van der Waals surface area (Å²) >= 11 is 12.5. The van der Waals surface area contributed by atoms with Crippen molar-refractivity contribution >= 4 is 34.2 Å².